The number of nitrogen functional groups attached to an aromatic ring is 1. The van der Waals surface area contributed by atoms with Crippen molar-refractivity contribution >= 4 is 22.9 Å². The number of carbonyl (C=O) groups excluding carboxylic acids is 1. The maximum atomic E-state index is 12.8. The number of carbonyl (C=O) groups is 1. The monoisotopic (exact) mass is 388 g/mol. The van der Waals surface area contributed by atoms with Gasteiger partial charge in [0.2, 0.25) is 5.91 Å². The third kappa shape index (κ3) is 4.77. The van der Waals surface area contributed by atoms with Crippen molar-refractivity contribution in [2.75, 3.05) is 5.73 Å². The van der Waals surface area contributed by atoms with E-state index < -0.39 is 11.6 Å². The van der Waals surface area contributed by atoms with E-state index >= 15 is 0 Å². The van der Waals surface area contributed by atoms with E-state index in [0.29, 0.717) is 5.69 Å². The quantitative estimate of drug-likeness (QED) is 0.836. The molecule has 1 aliphatic rings. The first-order chi connectivity index (χ1) is 13.0. The van der Waals surface area contributed by atoms with Gasteiger partial charge in [-0.1, -0.05) is 32.1 Å². The number of rotatable bonds is 4. The van der Waals surface area contributed by atoms with Gasteiger partial charge in [-0.05, 0) is 44.9 Å². The Hall–Kier alpha value is -2.15. The molecule has 1 aliphatic carbocycles. The molecule has 0 spiro atoms. The number of aryl methyl sites for hydroxylation is 1. The van der Waals surface area contributed by atoms with Crippen LogP contribution in [-0.4, -0.2) is 21.7 Å². The fraction of sp³-hybridized carbons (Fsp3) is 0.550. The van der Waals surface area contributed by atoms with Crippen molar-refractivity contribution in [3.05, 3.63) is 33.4 Å². The number of aromatic nitrogens is 2. The van der Waals surface area contributed by atoms with Crippen molar-refractivity contribution in [3.63, 3.8) is 0 Å². The molecule has 0 aliphatic heterocycles. The zero-order valence-electron chi connectivity index (χ0n) is 16.0. The molecule has 2 aromatic rings. The van der Waals surface area contributed by atoms with E-state index in [1.54, 1.807) is 24.3 Å². The van der Waals surface area contributed by atoms with Gasteiger partial charge in [-0.3, -0.25) is 9.59 Å². The predicted octanol–water partition coefficient (Wildman–Crippen LogP) is 3.65. The first kappa shape index (κ1) is 19.6. The minimum atomic E-state index is -0.703. The molecule has 1 amide bonds. The number of anilines is 1. The third-order valence-corrected chi connectivity index (χ3v) is 6.18. The minimum Gasteiger partial charge on any atom is -0.394 e. The first-order valence-electron chi connectivity index (χ1n) is 9.72. The van der Waals surface area contributed by atoms with Crippen LogP contribution in [0.5, 0.6) is 0 Å². The second-order valence-electron chi connectivity index (χ2n) is 7.37. The second-order valence-corrected chi connectivity index (χ2v) is 8.66. The lowest BCUT2D eigenvalue weighted by molar-refractivity contribution is -0.125. The van der Waals surface area contributed by atoms with Crippen LogP contribution >= 0.6 is 11.3 Å². The summed E-state index contributed by atoms with van der Waals surface area (Å²) >= 11 is 1.58. The molecule has 0 bridgehead atoms. The molecule has 0 aromatic carbocycles. The van der Waals surface area contributed by atoms with Gasteiger partial charge in [-0.2, -0.15) is 5.10 Å². The van der Waals surface area contributed by atoms with Gasteiger partial charge in [0.25, 0.3) is 5.56 Å². The van der Waals surface area contributed by atoms with Crippen LogP contribution < -0.4 is 16.6 Å². The van der Waals surface area contributed by atoms with Crippen molar-refractivity contribution in [2.24, 2.45) is 0 Å². The van der Waals surface area contributed by atoms with E-state index in [0.717, 1.165) is 35.4 Å². The van der Waals surface area contributed by atoms with Gasteiger partial charge >= 0.3 is 0 Å². The van der Waals surface area contributed by atoms with Gasteiger partial charge in [0.05, 0.1) is 4.88 Å². The van der Waals surface area contributed by atoms with E-state index in [2.05, 4.69) is 10.4 Å². The summed E-state index contributed by atoms with van der Waals surface area (Å²) in [6, 6.07) is 5.01. The molecule has 0 saturated heterocycles. The van der Waals surface area contributed by atoms with Gasteiger partial charge in [0.1, 0.15) is 17.4 Å². The Morgan fingerprint density at radius 2 is 1.93 bits per heavy atom. The number of thiophene rings is 1. The molecule has 1 unspecified atom stereocenters. The molecular weight excluding hydrogens is 360 g/mol. The normalized spacial score (nSPS) is 17.1. The molecule has 2 heterocycles. The summed E-state index contributed by atoms with van der Waals surface area (Å²) in [5.74, 6) is -0.172. The SMILES string of the molecule is Cc1ccc(-c2cc(N)c(=O)n(C(C)C(=O)NC3CCCCCCC3)n2)s1. The van der Waals surface area contributed by atoms with Crippen LogP contribution in [0.15, 0.2) is 23.0 Å². The predicted molar refractivity (Wildman–Crippen MR) is 110 cm³/mol. The molecule has 3 N–H and O–H groups in total. The van der Waals surface area contributed by atoms with Crippen molar-refractivity contribution in [1.82, 2.24) is 15.1 Å². The summed E-state index contributed by atoms with van der Waals surface area (Å²) in [4.78, 5) is 27.4. The fourth-order valence-electron chi connectivity index (χ4n) is 3.52. The molecule has 2 aromatic heterocycles. The molecule has 3 rings (SSSR count). The smallest absolute Gasteiger partial charge is 0.290 e. The standard InChI is InChI=1S/C20H28N4O2S/c1-13-10-11-18(27-13)17-12-16(21)20(26)24(23-17)14(2)19(25)22-15-8-6-4-3-5-7-9-15/h10-12,14-15H,3-9,21H2,1-2H3,(H,22,25). The Kier molecular flexibility index (Phi) is 6.31. The Morgan fingerprint density at radius 1 is 1.26 bits per heavy atom. The van der Waals surface area contributed by atoms with Gasteiger partial charge in [0, 0.05) is 10.9 Å². The van der Waals surface area contributed by atoms with Gasteiger partial charge in [0.15, 0.2) is 0 Å². The second kappa shape index (κ2) is 8.69. The average Bonchev–Trinajstić information content (AvgIpc) is 3.05. The van der Waals surface area contributed by atoms with Crippen LogP contribution in [0, 0.1) is 6.92 Å². The molecule has 1 saturated carbocycles. The number of nitrogens with two attached hydrogens (primary N) is 1. The topological polar surface area (TPSA) is 90.0 Å². The fourth-order valence-corrected chi connectivity index (χ4v) is 4.34. The van der Waals surface area contributed by atoms with Crippen LogP contribution in [0.2, 0.25) is 0 Å². The van der Waals surface area contributed by atoms with Crippen molar-refractivity contribution in [2.45, 2.75) is 70.9 Å². The molecular formula is C20H28N4O2S. The van der Waals surface area contributed by atoms with Crippen LogP contribution in [0.3, 0.4) is 0 Å². The summed E-state index contributed by atoms with van der Waals surface area (Å²) < 4.78 is 1.22. The highest BCUT2D eigenvalue weighted by molar-refractivity contribution is 7.15. The number of amides is 1. The average molecular weight is 389 g/mol. The number of nitrogens with zero attached hydrogens (tertiary/aromatic N) is 2. The van der Waals surface area contributed by atoms with Crippen molar-refractivity contribution < 1.29 is 4.79 Å². The Balaban J connectivity index is 1.80. The molecule has 146 valence electrons. The van der Waals surface area contributed by atoms with Crippen molar-refractivity contribution in [1.29, 1.82) is 0 Å². The van der Waals surface area contributed by atoms with Gasteiger partial charge in [-0.25, -0.2) is 4.68 Å². The highest BCUT2D eigenvalue weighted by Crippen LogP contribution is 2.26. The van der Waals surface area contributed by atoms with E-state index in [1.165, 1.54) is 23.9 Å². The van der Waals surface area contributed by atoms with E-state index in [4.69, 9.17) is 5.73 Å². The van der Waals surface area contributed by atoms with Crippen LogP contribution in [0.25, 0.3) is 10.6 Å². The van der Waals surface area contributed by atoms with E-state index in [1.807, 2.05) is 19.1 Å². The van der Waals surface area contributed by atoms with Gasteiger partial charge < -0.3 is 11.1 Å². The maximum absolute atomic E-state index is 12.8. The Labute approximate surface area is 163 Å². The molecule has 0 radical (unpaired) electrons. The van der Waals surface area contributed by atoms with E-state index in [9.17, 15) is 9.59 Å². The summed E-state index contributed by atoms with van der Waals surface area (Å²) in [5.41, 5.74) is 6.23. The first-order valence-corrected chi connectivity index (χ1v) is 10.5. The molecule has 7 heteroatoms. The van der Waals surface area contributed by atoms with Crippen LogP contribution in [-0.2, 0) is 4.79 Å². The molecule has 1 fully saturated rings. The van der Waals surface area contributed by atoms with E-state index in [-0.39, 0.29) is 17.6 Å². The summed E-state index contributed by atoms with van der Waals surface area (Å²) in [6.45, 7) is 3.72. The lowest BCUT2D eigenvalue weighted by Gasteiger charge is -2.23. The lowest BCUT2D eigenvalue weighted by atomic mass is 9.96. The number of nitrogens with one attached hydrogen (secondary N) is 1. The number of hydrogen-bond donors (Lipinski definition) is 2. The largest absolute Gasteiger partial charge is 0.394 e. The summed E-state index contributed by atoms with van der Waals surface area (Å²) in [5, 5.41) is 7.56. The number of hydrogen-bond acceptors (Lipinski definition) is 5. The summed E-state index contributed by atoms with van der Waals surface area (Å²) in [7, 11) is 0. The van der Waals surface area contributed by atoms with Crippen LogP contribution in [0.1, 0.15) is 62.8 Å². The molecule has 6 nitrogen and oxygen atoms in total. The van der Waals surface area contributed by atoms with Gasteiger partial charge in [-0.15, -0.1) is 11.3 Å². The van der Waals surface area contributed by atoms with Crippen molar-refractivity contribution in [3.8, 4) is 10.6 Å². The highest BCUT2D eigenvalue weighted by atomic mass is 32.1. The Morgan fingerprint density at radius 3 is 2.56 bits per heavy atom. The highest BCUT2D eigenvalue weighted by Gasteiger charge is 2.23. The minimum absolute atomic E-state index is 0.108. The molecule has 27 heavy (non-hydrogen) atoms. The zero-order valence-corrected chi connectivity index (χ0v) is 16.8. The third-order valence-electron chi connectivity index (χ3n) is 5.15. The van der Waals surface area contributed by atoms with Crippen LogP contribution in [0.4, 0.5) is 5.69 Å². The Bertz CT molecular complexity index is 850. The lowest BCUT2D eigenvalue weighted by Crippen LogP contribution is -2.42. The maximum Gasteiger partial charge on any atom is 0.290 e. The summed E-state index contributed by atoms with van der Waals surface area (Å²) in [6.07, 6.45) is 8.00. The zero-order chi connectivity index (χ0) is 19.4. The molecule has 1 atom stereocenters.